The first kappa shape index (κ1) is 20.2. The molecular weight excluding hydrogens is 360 g/mol. The molecule has 1 aliphatic rings. The van der Waals surface area contributed by atoms with Gasteiger partial charge in [0.25, 0.3) is 5.91 Å². The highest BCUT2D eigenvalue weighted by atomic mass is 32.2. The number of nitrogens with zero attached hydrogens (tertiary/aromatic N) is 1. The largest absolute Gasteiger partial charge is 0.513 e. The van der Waals surface area contributed by atoms with Crippen LogP contribution < -0.4 is 9.46 Å². The van der Waals surface area contributed by atoms with Crippen LogP contribution in [0.4, 0.5) is 4.79 Å². The molecule has 1 saturated heterocycles. The van der Waals surface area contributed by atoms with E-state index in [9.17, 15) is 18.0 Å². The third kappa shape index (κ3) is 5.70. The standard InChI is InChI=1S/C17H24N2O6S/c1-3-24-17(21)25-15-7-5-13(6-8-15)16(20)19-11-9-14(10-12-19)18-26(22,23)4-2/h5-8,14,18H,3-4,9-12H2,1-2H3. The average Bonchev–Trinajstić information content (AvgIpc) is 2.62. The Balaban J connectivity index is 1.89. The number of carbonyl (C=O) groups excluding carboxylic acids is 2. The number of rotatable bonds is 6. The Kier molecular flexibility index (Phi) is 6.98. The molecule has 1 aromatic rings. The van der Waals surface area contributed by atoms with Gasteiger partial charge in [-0.15, -0.1) is 0 Å². The van der Waals surface area contributed by atoms with Gasteiger partial charge in [0, 0.05) is 24.7 Å². The molecule has 0 bridgehead atoms. The van der Waals surface area contributed by atoms with Gasteiger partial charge in [0.05, 0.1) is 12.4 Å². The van der Waals surface area contributed by atoms with Gasteiger partial charge in [-0.05, 0) is 51.0 Å². The highest BCUT2D eigenvalue weighted by molar-refractivity contribution is 7.89. The predicted octanol–water partition coefficient (Wildman–Crippen LogP) is 1.77. The van der Waals surface area contributed by atoms with E-state index in [1.54, 1.807) is 30.9 Å². The summed E-state index contributed by atoms with van der Waals surface area (Å²) in [7, 11) is -3.23. The van der Waals surface area contributed by atoms with Crippen molar-refractivity contribution < 1.29 is 27.5 Å². The number of hydrogen-bond acceptors (Lipinski definition) is 6. The summed E-state index contributed by atoms with van der Waals surface area (Å²) in [6.45, 7) is 4.46. The van der Waals surface area contributed by atoms with Gasteiger partial charge in [0.1, 0.15) is 5.75 Å². The summed E-state index contributed by atoms with van der Waals surface area (Å²) in [5.41, 5.74) is 0.480. The molecule has 0 atom stereocenters. The van der Waals surface area contributed by atoms with Crippen molar-refractivity contribution in [2.45, 2.75) is 32.7 Å². The van der Waals surface area contributed by atoms with Crippen LogP contribution in [0.5, 0.6) is 5.75 Å². The Hall–Kier alpha value is -2.13. The number of ether oxygens (including phenoxy) is 2. The van der Waals surface area contributed by atoms with Crippen molar-refractivity contribution in [3.05, 3.63) is 29.8 Å². The van der Waals surface area contributed by atoms with E-state index in [1.807, 2.05) is 0 Å². The van der Waals surface area contributed by atoms with E-state index in [-0.39, 0.29) is 24.3 Å². The predicted molar refractivity (Wildman–Crippen MR) is 95.6 cm³/mol. The second kappa shape index (κ2) is 9.00. The summed E-state index contributed by atoms with van der Waals surface area (Å²) in [5.74, 6) is 0.212. The van der Waals surface area contributed by atoms with Crippen LogP contribution in [0.2, 0.25) is 0 Å². The smallest absolute Gasteiger partial charge is 0.434 e. The first-order valence-electron chi connectivity index (χ1n) is 8.58. The van der Waals surface area contributed by atoms with Crippen molar-refractivity contribution in [1.82, 2.24) is 9.62 Å². The summed E-state index contributed by atoms with van der Waals surface area (Å²) in [5, 5.41) is 0. The fourth-order valence-corrected chi connectivity index (χ4v) is 3.54. The third-order valence-corrected chi connectivity index (χ3v) is 5.53. The molecule has 9 heteroatoms. The SMILES string of the molecule is CCOC(=O)Oc1ccc(C(=O)N2CCC(NS(=O)(=O)CC)CC2)cc1. The Morgan fingerprint density at radius 1 is 1.15 bits per heavy atom. The molecule has 0 spiro atoms. The molecule has 8 nitrogen and oxygen atoms in total. The maximum atomic E-state index is 12.5. The molecule has 1 fully saturated rings. The monoisotopic (exact) mass is 384 g/mol. The van der Waals surface area contributed by atoms with Gasteiger partial charge < -0.3 is 14.4 Å². The van der Waals surface area contributed by atoms with E-state index in [0.29, 0.717) is 37.2 Å². The number of amides is 1. The molecule has 144 valence electrons. The Bertz CT molecular complexity index is 724. The highest BCUT2D eigenvalue weighted by Crippen LogP contribution is 2.18. The molecule has 1 aromatic carbocycles. The minimum absolute atomic E-state index is 0.0480. The lowest BCUT2D eigenvalue weighted by molar-refractivity contribution is 0.0711. The molecule has 0 unspecified atom stereocenters. The van der Waals surface area contributed by atoms with Crippen molar-refractivity contribution in [2.24, 2.45) is 0 Å². The Morgan fingerprint density at radius 3 is 2.31 bits per heavy atom. The molecule has 26 heavy (non-hydrogen) atoms. The topological polar surface area (TPSA) is 102 Å². The normalized spacial score (nSPS) is 15.5. The van der Waals surface area contributed by atoms with E-state index < -0.39 is 16.2 Å². The summed E-state index contributed by atoms with van der Waals surface area (Å²) in [6, 6.07) is 6.11. The van der Waals surface area contributed by atoms with Crippen LogP contribution in [0.1, 0.15) is 37.0 Å². The van der Waals surface area contributed by atoms with E-state index in [2.05, 4.69) is 9.46 Å². The van der Waals surface area contributed by atoms with Gasteiger partial charge in [-0.1, -0.05) is 0 Å². The van der Waals surface area contributed by atoms with Crippen LogP contribution in [0.3, 0.4) is 0 Å². The molecule has 1 aliphatic heterocycles. The number of nitrogens with one attached hydrogen (secondary N) is 1. The van der Waals surface area contributed by atoms with Crippen LogP contribution in [-0.2, 0) is 14.8 Å². The van der Waals surface area contributed by atoms with Gasteiger partial charge in [0.15, 0.2) is 0 Å². The Labute approximate surface area is 153 Å². The van der Waals surface area contributed by atoms with Crippen LogP contribution in [-0.4, -0.2) is 56.9 Å². The van der Waals surface area contributed by atoms with E-state index >= 15 is 0 Å². The summed E-state index contributed by atoms with van der Waals surface area (Å²) < 4.78 is 35.5. The summed E-state index contributed by atoms with van der Waals surface area (Å²) in [4.78, 5) is 25.5. The number of benzene rings is 1. The lowest BCUT2D eigenvalue weighted by Crippen LogP contribution is -2.46. The number of likely N-dealkylation sites (tertiary alicyclic amines) is 1. The van der Waals surface area contributed by atoms with Crippen molar-refractivity contribution in [3.63, 3.8) is 0 Å². The molecule has 0 aromatic heterocycles. The lowest BCUT2D eigenvalue weighted by Gasteiger charge is -2.32. The fourth-order valence-electron chi connectivity index (χ4n) is 2.63. The second-order valence-electron chi connectivity index (χ2n) is 5.90. The first-order valence-corrected chi connectivity index (χ1v) is 10.2. The summed E-state index contributed by atoms with van der Waals surface area (Å²) >= 11 is 0. The number of hydrogen-bond donors (Lipinski definition) is 1. The maximum Gasteiger partial charge on any atom is 0.513 e. The molecule has 1 N–H and O–H groups in total. The van der Waals surface area contributed by atoms with Gasteiger partial charge in [-0.3, -0.25) is 4.79 Å². The van der Waals surface area contributed by atoms with E-state index in [0.717, 1.165) is 0 Å². The van der Waals surface area contributed by atoms with Crippen LogP contribution >= 0.6 is 0 Å². The lowest BCUT2D eigenvalue weighted by atomic mass is 10.0. The zero-order valence-electron chi connectivity index (χ0n) is 14.9. The van der Waals surface area contributed by atoms with Gasteiger partial charge in [-0.2, -0.15) is 0 Å². The van der Waals surface area contributed by atoms with Crippen molar-refractivity contribution in [2.75, 3.05) is 25.4 Å². The minimum Gasteiger partial charge on any atom is -0.434 e. The van der Waals surface area contributed by atoms with Crippen molar-refractivity contribution in [3.8, 4) is 5.75 Å². The van der Waals surface area contributed by atoms with Crippen LogP contribution in [0.25, 0.3) is 0 Å². The zero-order valence-corrected chi connectivity index (χ0v) is 15.8. The van der Waals surface area contributed by atoms with Crippen LogP contribution in [0, 0.1) is 0 Å². The summed E-state index contributed by atoms with van der Waals surface area (Å²) in [6.07, 6.45) is 0.368. The number of sulfonamides is 1. The molecular formula is C17H24N2O6S. The number of piperidine rings is 1. The first-order chi connectivity index (χ1) is 12.3. The quantitative estimate of drug-likeness (QED) is 0.592. The molecule has 1 amide bonds. The molecule has 1 heterocycles. The van der Waals surface area contributed by atoms with Gasteiger partial charge in [-0.25, -0.2) is 17.9 Å². The second-order valence-corrected chi connectivity index (χ2v) is 7.94. The van der Waals surface area contributed by atoms with E-state index in [4.69, 9.17) is 4.74 Å². The highest BCUT2D eigenvalue weighted by Gasteiger charge is 2.26. The van der Waals surface area contributed by atoms with E-state index in [1.165, 1.54) is 12.1 Å². The molecule has 0 saturated carbocycles. The maximum absolute atomic E-state index is 12.5. The van der Waals surface area contributed by atoms with Crippen molar-refractivity contribution in [1.29, 1.82) is 0 Å². The molecule has 0 radical (unpaired) electrons. The fraction of sp³-hybridized carbons (Fsp3) is 0.529. The minimum atomic E-state index is -3.23. The third-order valence-electron chi connectivity index (χ3n) is 4.07. The van der Waals surface area contributed by atoms with Gasteiger partial charge >= 0.3 is 6.16 Å². The Morgan fingerprint density at radius 2 is 1.77 bits per heavy atom. The zero-order chi connectivity index (χ0) is 19.2. The van der Waals surface area contributed by atoms with Crippen molar-refractivity contribution >= 4 is 22.1 Å². The number of carbonyl (C=O) groups is 2. The average molecular weight is 384 g/mol. The van der Waals surface area contributed by atoms with Gasteiger partial charge in [0.2, 0.25) is 10.0 Å². The molecule has 0 aliphatic carbocycles. The molecule has 2 rings (SSSR count). The van der Waals surface area contributed by atoms with Crippen LogP contribution in [0.15, 0.2) is 24.3 Å².